The standard InChI is InChI=1S/C6H12O4S3/c1-3-6(8,9)10-5(7)4(2)12-13-11/h4,8-9,11H,3H2,1-2H3. The van der Waals surface area contributed by atoms with Gasteiger partial charge in [-0.25, -0.2) is 0 Å². The summed E-state index contributed by atoms with van der Waals surface area (Å²) in [7, 11) is 2.29. The third-order valence-corrected chi connectivity index (χ3v) is 3.71. The third kappa shape index (κ3) is 5.69. The van der Waals surface area contributed by atoms with Crippen LogP contribution in [-0.2, 0) is 9.53 Å². The highest BCUT2D eigenvalue weighted by molar-refractivity contribution is 9.05. The van der Waals surface area contributed by atoms with Gasteiger partial charge in [-0.05, 0) is 16.7 Å². The molecular formula is C6H12O4S3. The lowest BCUT2D eigenvalue weighted by Crippen LogP contribution is -2.36. The zero-order chi connectivity index (χ0) is 10.5. The van der Waals surface area contributed by atoms with Crippen molar-refractivity contribution < 1.29 is 19.7 Å². The fourth-order valence-corrected chi connectivity index (χ4v) is 2.46. The number of thiol groups is 1. The van der Waals surface area contributed by atoms with Gasteiger partial charge in [-0.3, -0.25) is 4.79 Å². The van der Waals surface area contributed by atoms with Crippen LogP contribution in [0.3, 0.4) is 0 Å². The highest BCUT2D eigenvalue weighted by Gasteiger charge is 2.28. The second-order valence-corrected chi connectivity index (χ2v) is 5.75. The summed E-state index contributed by atoms with van der Waals surface area (Å²) in [5.41, 5.74) is 0. The van der Waals surface area contributed by atoms with Gasteiger partial charge in [0, 0.05) is 6.42 Å². The Balaban J connectivity index is 3.99. The van der Waals surface area contributed by atoms with E-state index in [1.54, 1.807) is 6.92 Å². The van der Waals surface area contributed by atoms with E-state index in [0.29, 0.717) is 0 Å². The molecule has 7 heteroatoms. The second-order valence-electron chi connectivity index (χ2n) is 2.33. The quantitative estimate of drug-likeness (QED) is 0.292. The number of rotatable bonds is 5. The van der Waals surface area contributed by atoms with Gasteiger partial charge in [0.2, 0.25) is 0 Å². The van der Waals surface area contributed by atoms with Crippen molar-refractivity contribution in [2.45, 2.75) is 31.5 Å². The van der Waals surface area contributed by atoms with E-state index in [2.05, 4.69) is 16.4 Å². The number of ether oxygens (including phenoxy) is 1. The Morgan fingerprint density at radius 2 is 2.23 bits per heavy atom. The molecule has 0 aromatic carbocycles. The molecule has 0 bridgehead atoms. The number of hydrogen-bond acceptors (Lipinski definition) is 7. The lowest BCUT2D eigenvalue weighted by atomic mass is 10.4. The summed E-state index contributed by atoms with van der Waals surface area (Å²) >= 11 is 3.84. The zero-order valence-corrected chi connectivity index (χ0v) is 9.79. The van der Waals surface area contributed by atoms with Gasteiger partial charge in [0.05, 0.1) is 0 Å². The maximum atomic E-state index is 11.1. The fourth-order valence-electron chi connectivity index (χ4n) is 0.420. The van der Waals surface area contributed by atoms with Crippen molar-refractivity contribution in [3.63, 3.8) is 0 Å². The van der Waals surface area contributed by atoms with Crippen molar-refractivity contribution in [3.05, 3.63) is 0 Å². The predicted molar refractivity (Wildman–Crippen MR) is 57.2 cm³/mol. The van der Waals surface area contributed by atoms with Crippen LogP contribution in [-0.4, -0.2) is 27.4 Å². The van der Waals surface area contributed by atoms with E-state index < -0.39 is 17.2 Å². The minimum atomic E-state index is -2.35. The Morgan fingerprint density at radius 3 is 2.62 bits per heavy atom. The van der Waals surface area contributed by atoms with E-state index >= 15 is 0 Å². The van der Waals surface area contributed by atoms with Crippen LogP contribution in [0.5, 0.6) is 0 Å². The summed E-state index contributed by atoms with van der Waals surface area (Å²) in [6, 6.07) is 0. The molecule has 0 saturated heterocycles. The van der Waals surface area contributed by atoms with Crippen molar-refractivity contribution in [1.82, 2.24) is 0 Å². The molecule has 13 heavy (non-hydrogen) atoms. The average molecular weight is 244 g/mol. The minimum absolute atomic E-state index is 0.0653. The van der Waals surface area contributed by atoms with Gasteiger partial charge in [-0.2, -0.15) is 0 Å². The van der Waals surface area contributed by atoms with Crippen LogP contribution in [0.25, 0.3) is 0 Å². The molecule has 2 N–H and O–H groups in total. The molecule has 0 aliphatic rings. The normalized spacial score (nSPS) is 13.9. The fraction of sp³-hybridized carbons (Fsp3) is 0.833. The first-order valence-electron chi connectivity index (χ1n) is 3.57. The largest absolute Gasteiger partial charge is 0.407 e. The van der Waals surface area contributed by atoms with Gasteiger partial charge in [0.25, 0.3) is 0 Å². The number of hydrogen-bond donors (Lipinski definition) is 3. The van der Waals surface area contributed by atoms with Crippen molar-refractivity contribution in [3.8, 4) is 0 Å². The van der Waals surface area contributed by atoms with Crippen LogP contribution in [0.1, 0.15) is 20.3 Å². The van der Waals surface area contributed by atoms with Crippen molar-refractivity contribution in [1.29, 1.82) is 0 Å². The molecule has 0 heterocycles. The Bertz CT molecular complexity index is 173. The average Bonchev–Trinajstić information content (AvgIpc) is 2.04. The molecule has 0 spiro atoms. The van der Waals surface area contributed by atoms with Gasteiger partial charge in [-0.1, -0.05) is 29.4 Å². The first kappa shape index (κ1) is 13.4. The van der Waals surface area contributed by atoms with E-state index in [1.165, 1.54) is 17.7 Å². The monoisotopic (exact) mass is 244 g/mol. The first-order valence-corrected chi connectivity index (χ1v) is 6.84. The molecule has 0 aromatic heterocycles. The molecule has 1 unspecified atom stereocenters. The molecule has 1 atom stereocenters. The van der Waals surface area contributed by atoms with Gasteiger partial charge >= 0.3 is 11.9 Å². The lowest BCUT2D eigenvalue weighted by molar-refractivity contribution is -0.319. The van der Waals surface area contributed by atoms with E-state index in [-0.39, 0.29) is 6.42 Å². The summed E-state index contributed by atoms with van der Waals surface area (Å²) in [4.78, 5) is 11.1. The number of carbonyl (C=O) groups excluding carboxylic acids is 1. The summed E-state index contributed by atoms with van der Waals surface area (Å²) < 4.78 is 4.41. The van der Waals surface area contributed by atoms with Gasteiger partial charge < -0.3 is 14.9 Å². The number of esters is 1. The predicted octanol–water partition coefficient (Wildman–Crippen LogP) is 1.19. The number of aliphatic hydroxyl groups is 2. The van der Waals surface area contributed by atoms with E-state index in [4.69, 9.17) is 10.2 Å². The van der Waals surface area contributed by atoms with Crippen LogP contribution in [0, 0.1) is 0 Å². The topological polar surface area (TPSA) is 66.8 Å². The summed E-state index contributed by atoms with van der Waals surface area (Å²) in [6.45, 7) is 3.10. The van der Waals surface area contributed by atoms with E-state index in [9.17, 15) is 4.79 Å². The van der Waals surface area contributed by atoms with E-state index in [1.807, 2.05) is 0 Å². The maximum Gasteiger partial charge on any atom is 0.324 e. The van der Waals surface area contributed by atoms with Crippen LogP contribution >= 0.6 is 32.3 Å². The minimum Gasteiger partial charge on any atom is -0.407 e. The van der Waals surface area contributed by atoms with Crippen LogP contribution in [0.4, 0.5) is 0 Å². The van der Waals surface area contributed by atoms with Crippen LogP contribution in [0.2, 0.25) is 0 Å². The second kappa shape index (κ2) is 6.02. The third-order valence-electron chi connectivity index (χ3n) is 1.24. The van der Waals surface area contributed by atoms with E-state index in [0.717, 1.165) is 9.83 Å². The van der Waals surface area contributed by atoms with Gasteiger partial charge in [-0.15, -0.1) is 0 Å². The van der Waals surface area contributed by atoms with Crippen molar-refractivity contribution in [2.24, 2.45) is 0 Å². The summed E-state index contributed by atoms with van der Waals surface area (Å²) in [6.07, 6.45) is -0.0653. The molecule has 0 amide bonds. The summed E-state index contributed by atoms with van der Waals surface area (Å²) in [5, 5.41) is 17.5. The lowest BCUT2D eigenvalue weighted by Gasteiger charge is -2.21. The highest BCUT2D eigenvalue weighted by Crippen LogP contribution is 2.30. The maximum absolute atomic E-state index is 11.1. The van der Waals surface area contributed by atoms with Crippen molar-refractivity contribution >= 4 is 38.2 Å². The summed E-state index contributed by atoms with van der Waals surface area (Å²) in [5.74, 6) is -3.02. The first-order chi connectivity index (χ1) is 5.93. The van der Waals surface area contributed by atoms with Gasteiger partial charge in [0.15, 0.2) is 0 Å². The zero-order valence-electron chi connectivity index (χ0n) is 7.26. The Morgan fingerprint density at radius 1 is 1.69 bits per heavy atom. The molecule has 0 fully saturated rings. The molecule has 0 aliphatic carbocycles. The van der Waals surface area contributed by atoms with Gasteiger partial charge in [0.1, 0.15) is 5.25 Å². The molecule has 0 radical (unpaired) electrons. The number of carbonyl (C=O) groups is 1. The molecule has 0 aliphatic heterocycles. The molecule has 0 aromatic rings. The van der Waals surface area contributed by atoms with Crippen molar-refractivity contribution in [2.75, 3.05) is 0 Å². The smallest absolute Gasteiger partial charge is 0.324 e. The molecule has 0 saturated carbocycles. The molecule has 0 rings (SSSR count). The van der Waals surface area contributed by atoms with Crippen LogP contribution < -0.4 is 0 Å². The Hall–Kier alpha value is 0.440. The Kier molecular flexibility index (Phi) is 6.23. The highest BCUT2D eigenvalue weighted by atomic mass is 33.5. The Labute approximate surface area is 89.6 Å². The molecule has 78 valence electrons. The SMILES string of the molecule is CCC(O)(O)OC(=O)C(C)SSS. The molecule has 4 nitrogen and oxygen atoms in total. The van der Waals surface area contributed by atoms with Crippen LogP contribution in [0.15, 0.2) is 0 Å². The molecular weight excluding hydrogens is 232 g/mol.